The predicted octanol–water partition coefficient (Wildman–Crippen LogP) is 24.3. The Labute approximate surface area is 582 Å². The van der Waals surface area contributed by atoms with E-state index in [2.05, 4.69) is 310 Å². The molecule has 9 aromatic carbocycles. The van der Waals surface area contributed by atoms with Crippen molar-refractivity contribution < 1.29 is 4.42 Å². The van der Waals surface area contributed by atoms with Gasteiger partial charge in [0.1, 0.15) is 5.58 Å². The number of thiophene rings is 1. The molecule has 6 heteroatoms. The van der Waals surface area contributed by atoms with Crippen LogP contribution in [0.5, 0.6) is 0 Å². The molecular formula is C91H98BN3OS. The molecule has 2 bridgehead atoms. The predicted molar refractivity (Wildman–Crippen MR) is 418 cm³/mol. The largest absolute Gasteiger partial charge is 0.468 e. The summed E-state index contributed by atoms with van der Waals surface area (Å²) in [5, 5.41) is 3.88. The molecule has 4 aliphatic carbocycles. The molecule has 0 radical (unpaired) electrons. The molecule has 11 aromatic rings. The highest BCUT2D eigenvalue weighted by Gasteiger charge is 2.61. The van der Waals surface area contributed by atoms with E-state index in [4.69, 9.17) is 4.42 Å². The molecule has 0 unspecified atom stereocenters. The van der Waals surface area contributed by atoms with Crippen LogP contribution in [-0.4, -0.2) is 6.71 Å². The summed E-state index contributed by atoms with van der Waals surface area (Å²) < 4.78 is 10.7. The van der Waals surface area contributed by atoms with Crippen LogP contribution in [0.25, 0.3) is 42.3 Å². The van der Waals surface area contributed by atoms with Crippen molar-refractivity contribution in [2.24, 2.45) is 11.8 Å². The summed E-state index contributed by atoms with van der Waals surface area (Å²) in [6.45, 7) is 45.2. The van der Waals surface area contributed by atoms with Gasteiger partial charge in [0.15, 0.2) is 0 Å². The SMILES string of the molecule is CC(C)(C)c1ccc(N(c2ccc(C(C)(C)C)cc2)c2ccc3c(c2)N(c2ccc(C(C)(C)C)c4c2sc2ccccc24)c2cc(C(C)(C)C)cc4c2B3c2oc3cc5c(cc3c2N4c2cccc3c2-c2ccc(C(C)(C)C)cc2C32C3CCC2CC3)C(C)(C)CCC5(C)C)cc1. The van der Waals surface area contributed by atoms with Gasteiger partial charge in [-0.25, -0.2) is 0 Å². The minimum Gasteiger partial charge on any atom is -0.468 e. The fourth-order valence-corrected chi connectivity index (χ4v) is 20.4. The molecule has 2 aromatic heterocycles. The zero-order chi connectivity index (χ0) is 68.0. The van der Waals surface area contributed by atoms with E-state index < -0.39 is 0 Å². The molecule has 6 aliphatic rings. The topological polar surface area (TPSA) is 22.9 Å². The van der Waals surface area contributed by atoms with Crippen LogP contribution in [0.1, 0.15) is 220 Å². The van der Waals surface area contributed by atoms with E-state index in [-0.39, 0.29) is 50.0 Å². The number of hydrogen-bond donors (Lipinski definition) is 0. The molecule has 2 saturated carbocycles. The van der Waals surface area contributed by atoms with E-state index in [0.717, 1.165) is 41.1 Å². The van der Waals surface area contributed by atoms with Crippen LogP contribution in [0.3, 0.4) is 0 Å². The summed E-state index contributed by atoms with van der Waals surface area (Å²) in [6.07, 6.45) is 7.42. The van der Waals surface area contributed by atoms with Crippen molar-refractivity contribution in [3.8, 4) is 11.1 Å². The van der Waals surface area contributed by atoms with Crippen LogP contribution in [-0.2, 0) is 43.3 Å². The summed E-state index contributed by atoms with van der Waals surface area (Å²) in [7, 11) is 0. The summed E-state index contributed by atoms with van der Waals surface area (Å²) in [5.74, 6) is 1.22. The number of anilines is 9. The molecule has 4 nitrogen and oxygen atoms in total. The van der Waals surface area contributed by atoms with E-state index in [9.17, 15) is 0 Å². The fraction of sp³-hybridized carbons (Fsp3) is 0.385. The average Bonchev–Trinajstić information content (AvgIpc) is 1.39. The van der Waals surface area contributed by atoms with E-state index in [1.165, 1.54) is 146 Å². The Bertz CT molecular complexity index is 5030. The highest BCUT2D eigenvalue weighted by atomic mass is 32.1. The van der Waals surface area contributed by atoms with Crippen molar-refractivity contribution in [1.29, 1.82) is 0 Å². The molecule has 0 amide bonds. The summed E-state index contributed by atoms with van der Waals surface area (Å²) in [6, 6.07) is 66.0. The number of rotatable bonds is 5. The van der Waals surface area contributed by atoms with Crippen LogP contribution in [0.4, 0.5) is 51.2 Å². The first-order valence-corrected chi connectivity index (χ1v) is 37.3. The molecule has 4 heterocycles. The van der Waals surface area contributed by atoms with Gasteiger partial charge in [-0.1, -0.05) is 216 Å². The summed E-state index contributed by atoms with van der Waals surface area (Å²) >= 11 is 1.95. The lowest BCUT2D eigenvalue weighted by molar-refractivity contribution is 0.332. The molecule has 492 valence electrons. The van der Waals surface area contributed by atoms with E-state index >= 15 is 0 Å². The highest BCUT2D eigenvalue weighted by Crippen LogP contribution is 2.70. The number of benzene rings is 9. The number of hydrogen-bond acceptors (Lipinski definition) is 5. The van der Waals surface area contributed by atoms with Crippen LogP contribution < -0.4 is 31.3 Å². The van der Waals surface area contributed by atoms with Gasteiger partial charge in [-0.05, 0) is 234 Å². The maximum atomic E-state index is 8.08. The van der Waals surface area contributed by atoms with Gasteiger partial charge in [0.2, 0.25) is 0 Å². The van der Waals surface area contributed by atoms with Crippen LogP contribution in [0.2, 0.25) is 0 Å². The quantitative estimate of drug-likeness (QED) is 0.160. The third-order valence-corrected chi connectivity index (χ3v) is 25.8. The molecule has 97 heavy (non-hydrogen) atoms. The molecular weight excluding hydrogens is 1190 g/mol. The second-order valence-corrected chi connectivity index (χ2v) is 37.8. The van der Waals surface area contributed by atoms with E-state index in [1.54, 1.807) is 11.1 Å². The standard InChI is InChI=1S/C91H98BN3OS/c1-84(2,3)53-31-36-59(37-32-53)93(60-38-33-54(34-39-60)85(4,5)6)61-40-43-70-73(50-61)94(72-44-42-65(88(13,14)15)79-63-23-20-21-26-77(63)97-82(72)79)74-48-58(87(10,11)12)49-75-80(74)92(70)83-81(64-51-68-69(52-76(64)96-83)90(18,19)46-45-89(68,16)17)95(75)71-25-22-24-66-78(71)62-41-35-57(86(7,8)9)47-67(62)91(66)55-27-28-56(91)30-29-55/h20-26,31-44,47-52,55-56H,27-30,45-46H2,1-19H3. The maximum absolute atomic E-state index is 8.08. The fourth-order valence-electron chi connectivity index (χ4n) is 19.2. The van der Waals surface area contributed by atoms with Gasteiger partial charge < -0.3 is 19.1 Å². The highest BCUT2D eigenvalue weighted by molar-refractivity contribution is 7.26. The second-order valence-electron chi connectivity index (χ2n) is 36.7. The van der Waals surface area contributed by atoms with Gasteiger partial charge in [-0.2, -0.15) is 0 Å². The summed E-state index contributed by atoms with van der Waals surface area (Å²) in [5.41, 5.74) is 30.3. The van der Waals surface area contributed by atoms with E-state index in [0.29, 0.717) is 11.8 Å². The van der Waals surface area contributed by atoms with Gasteiger partial charge >= 0.3 is 0 Å². The first kappa shape index (κ1) is 62.7. The Balaban J connectivity index is 1.01. The Hall–Kier alpha value is -7.80. The maximum Gasteiger partial charge on any atom is 0.297 e. The minimum atomic E-state index is -0.260. The second kappa shape index (κ2) is 20.7. The Morgan fingerprint density at radius 1 is 0.454 bits per heavy atom. The van der Waals surface area contributed by atoms with Crippen molar-refractivity contribution in [3.05, 3.63) is 214 Å². The first-order chi connectivity index (χ1) is 45.7. The van der Waals surface area contributed by atoms with Gasteiger partial charge in [0.25, 0.3) is 6.71 Å². The van der Waals surface area contributed by atoms with Crippen molar-refractivity contribution in [1.82, 2.24) is 0 Å². The molecule has 2 aliphatic heterocycles. The molecule has 17 rings (SSSR count). The molecule has 2 fully saturated rings. The van der Waals surface area contributed by atoms with Crippen molar-refractivity contribution in [2.45, 2.75) is 213 Å². The minimum absolute atomic E-state index is 0.00152. The van der Waals surface area contributed by atoms with Gasteiger partial charge in [0, 0.05) is 66.0 Å². The summed E-state index contributed by atoms with van der Waals surface area (Å²) in [4.78, 5) is 8.03. The number of furan rings is 1. The third kappa shape index (κ3) is 9.18. The number of nitrogens with zero attached hydrogens (tertiary/aromatic N) is 3. The third-order valence-electron chi connectivity index (χ3n) is 24.6. The molecule has 1 spiro atoms. The van der Waals surface area contributed by atoms with Gasteiger partial charge in [-0.3, -0.25) is 0 Å². The lowest BCUT2D eigenvalue weighted by Gasteiger charge is -2.44. The van der Waals surface area contributed by atoms with Crippen molar-refractivity contribution in [3.63, 3.8) is 0 Å². The van der Waals surface area contributed by atoms with Crippen LogP contribution in [0.15, 0.2) is 168 Å². The lowest BCUT2D eigenvalue weighted by atomic mass is 9.35. The average molecular weight is 1290 g/mol. The zero-order valence-electron chi connectivity index (χ0n) is 61.2. The first-order valence-electron chi connectivity index (χ1n) is 36.5. The van der Waals surface area contributed by atoms with Crippen molar-refractivity contribution >= 4 is 117 Å². The van der Waals surface area contributed by atoms with Crippen LogP contribution >= 0.6 is 11.3 Å². The van der Waals surface area contributed by atoms with E-state index in [1.807, 2.05) is 11.3 Å². The zero-order valence-corrected chi connectivity index (χ0v) is 62.0. The normalized spacial score (nSPS) is 19.8. The molecule has 0 N–H and O–H groups in total. The Kier molecular flexibility index (Phi) is 13.4. The van der Waals surface area contributed by atoms with Gasteiger partial charge in [-0.15, -0.1) is 11.3 Å². The van der Waals surface area contributed by atoms with Crippen molar-refractivity contribution in [2.75, 3.05) is 14.7 Å². The van der Waals surface area contributed by atoms with Crippen LogP contribution in [0, 0.1) is 11.8 Å². The molecule has 0 saturated heterocycles. The Morgan fingerprint density at radius 3 is 1.62 bits per heavy atom. The van der Waals surface area contributed by atoms with Gasteiger partial charge in [0.05, 0.1) is 27.4 Å². The lowest BCUT2D eigenvalue weighted by Crippen LogP contribution is -2.61. The smallest absolute Gasteiger partial charge is 0.297 e. The number of fused-ring (bicyclic) bond motifs is 13. The molecule has 0 atom stereocenters. The monoisotopic (exact) mass is 1290 g/mol. The Morgan fingerprint density at radius 2 is 1.02 bits per heavy atom.